The fraction of sp³-hybridized carbons (Fsp3) is 0.786. The van der Waals surface area contributed by atoms with Gasteiger partial charge in [-0.05, 0) is 33.6 Å². The molecule has 21 heavy (non-hydrogen) atoms. The van der Waals surface area contributed by atoms with E-state index in [0.29, 0.717) is 0 Å². The number of ether oxygens (including phenoxy) is 2. The molecule has 0 radical (unpaired) electrons. The zero-order chi connectivity index (χ0) is 16.8. The lowest BCUT2D eigenvalue weighted by molar-refractivity contribution is -0.144. The zero-order valence-corrected chi connectivity index (χ0v) is 13.8. The predicted octanol–water partition coefficient (Wildman–Crippen LogP) is 1.21. The Hall–Kier alpha value is -1.79. The normalized spacial score (nSPS) is 14.1. The molecule has 2 amide bonds. The molecule has 0 fully saturated rings. The zero-order valence-electron chi connectivity index (χ0n) is 13.8. The maximum absolute atomic E-state index is 12.1. The van der Waals surface area contributed by atoms with E-state index < -0.39 is 35.7 Å². The van der Waals surface area contributed by atoms with Gasteiger partial charge in [-0.15, -0.1) is 0 Å². The van der Waals surface area contributed by atoms with Crippen molar-refractivity contribution in [1.82, 2.24) is 10.6 Å². The molecule has 2 N–H and O–H groups in total. The summed E-state index contributed by atoms with van der Waals surface area (Å²) in [5.41, 5.74) is -0.651. The van der Waals surface area contributed by atoms with Crippen LogP contribution < -0.4 is 10.6 Å². The molecule has 0 bridgehead atoms. The van der Waals surface area contributed by atoms with E-state index in [9.17, 15) is 14.4 Å². The molecular weight excluding hydrogens is 276 g/mol. The number of alkyl carbamates (subject to hydrolysis) is 1. The third-order valence-corrected chi connectivity index (χ3v) is 2.53. The summed E-state index contributed by atoms with van der Waals surface area (Å²) >= 11 is 0. The van der Waals surface area contributed by atoms with E-state index in [1.54, 1.807) is 34.6 Å². The highest BCUT2D eigenvalue weighted by atomic mass is 16.6. The van der Waals surface area contributed by atoms with Gasteiger partial charge in [-0.25, -0.2) is 9.59 Å². The van der Waals surface area contributed by atoms with Gasteiger partial charge in [-0.3, -0.25) is 4.79 Å². The predicted molar refractivity (Wildman–Crippen MR) is 77.6 cm³/mol. The second-order valence-electron chi connectivity index (χ2n) is 6.12. The molecule has 0 spiro atoms. The molecule has 0 saturated carbocycles. The Labute approximate surface area is 125 Å². The number of rotatable bonds is 5. The minimum Gasteiger partial charge on any atom is -0.467 e. The van der Waals surface area contributed by atoms with Crippen molar-refractivity contribution in [3.05, 3.63) is 0 Å². The Morgan fingerprint density at radius 2 is 1.52 bits per heavy atom. The monoisotopic (exact) mass is 302 g/mol. The van der Waals surface area contributed by atoms with Crippen LogP contribution in [0.2, 0.25) is 0 Å². The molecule has 0 heterocycles. The first-order chi connectivity index (χ1) is 9.47. The molecule has 7 nitrogen and oxygen atoms in total. The Morgan fingerprint density at radius 1 is 1.00 bits per heavy atom. The smallest absolute Gasteiger partial charge is 0.408 e. The van der Waals surface area contributed by atoms with Gasteiger partial charge in [0, 0.05) is 0 Å². The number of esters is 1. The molecule has 0 aromatic carbocycles. The molecule has 0 unspecified atom stereocenters. The van der Waals surface area contributed by atoms with Crippen LogP contribution in [0.5, 0.6) is 0 Å². The molecule has 0 saturated heterocycles. The number of hydrogen-bond donors (Lipinski definition) is 2. The molecule has 0 aliphatic carbocycles. The van der Waals surface area contributed by atoms with Crippen LogP contribution in [0.4, 0.5) is 4.79 Å². The van der Waals surface area contributed by atoms with Crippen LogP contribution in [0.1, 0.15) is 41.5 Å². The summed E-state index contributed by atoms with van der Waals surface area (Å²) in [4.78, 5) is 35.2. The summed E-state index contributed by atoms with van der Waals surface area (Å²) < 4.78 is 9.65. The van der Waals surface area contributed by atoms with E-state index in [2.05, 4.69) is 15.4 Å². The number of carbonyl (C=O) groups is 3. The third kappa shape index (κ3) is 7.53. The minimum absolute atomic E-state index is 0.164. The minimum atomic E-state index is -0.799. The SMILES string of the molecule is COC(=O)[C@@H](C)NC(=O)[C@@H](NC(=O)OC(C)(C)C)C(C)C. The van der Waals surface area contributed by atoms with Crippen molar-refractivity contribution in [2.24, 2.45) is 5.92 Å². The summed E-state index contributed by atoms with van der Waals surface area (Å²) in [6.45, 7) is 10.3. The van der Waals surface area contributed by atoms with Crippen molar-refractivity contribution < 1.29 is 23.9 Å². The van der Waals surface area contributed by atoms with Gasteiger partial charge in [-0.1, -0.05) is 13.8 Å². The van der Waals surface area contributed by atoms with Gasteiger partial charge < -0.3 is 20.1 Å². The van der Waals surface area contributed by atoms with E-state index in [4.69, 9.17) is 4.74 Å². The van der Waals surface area contributed by atoms with E-state index in [0.717, 1.165) is 0 Å². The fourth-order valence-electron chi connectivity index (χ4n) is 1.51. The molecule has 7 heteroatoms. The molecule has 122 valence electrons. The van der Waals surface area contributed by atoms with Crippen LogP contribution in [0.15, 0.2) is 0 Å². The van der Waals surface area contributed by atoms with E-state index >= 15 is 0 Å². The van der Waals surface area contributed by atoms with Crippen LogP contribution in [0.3, 0.4) is 0 Å². The molecule has 0 aromatic heterocycles. The number of carbonyl (C=O) groups excluding carboxylic acids is 3. The molecule has 0 aromatic rings. The number of amides is 2. The van der Waals surface area contributed by atoms with Crippen LogP contribution in [0, 0.1) is 5.92 Å². The van der Waals surface area contributed by atoms with Crippen LogP contribution in [-0.2, 0) is 19.1 Å². The lowest BCUT2D eigenvalue weighted by atomic mass is 10.0. The summed E-state index contributed by atoms with van der Waals surface area (Å²) in [6, 6.07) is -1.59. The molecule has 0 aliphatic rings. The highest BCUT2D eigenvalue weighted by Crippen LogP contribution is 2.09. The first kappa shape index (κ1) is 19.2. The molecular formula is C14H26N2O5. The van der Waals surface area contributed by atoms with Gasteiger partial charge in [-0.2, -0.15) is 0 Å². The van der Waals surface area contributed by atoms with Gasteiger partial charge in [0.1, 0.15) is 17.7 Å². The van der Waals surface area contributed by atoms with Crippen LogP contribution >= 0.6 is 0 Å². The third-order valence-electron chi connectivity index (χ3n) is 2.53. The maximum atomic E-state index is 12.1. The van der Waals surface area contributed by atoms with Gasteiger partial charge in [0.15, 0.2) is 0 Å². The Balaban J connectivity index is 4.72. The Kier molecular flexibility index (Phi) is 7.18. The van der Waals surface area contributed by atoms with E-state index in [-0.39, 0.29) is 5.92 Å². The lowest BCUT2D eigenvalue weighted by Crippen LogP contribution is -2.53. The summed E-state index contributed by atoms with van der Waals surface area (Å²) in [5.74, 6) is -1.18. The van der Waals surface area contributed by atoms with Crippen molar-refractivity contribution in [3.63, 3.8) is 0 Å². The maximum Gasteiger partial charge on any atom is 0.408 e. The van der Waals surface area contributed by atoms with Crippen molar-refractivity contribution in [2.75, 3.05) is 7.11 Å². The standard InChI is InChI=1S/C14H26N2O5/c1-8(2)10(16-13(19)21-14(4,5)6)11(17)15-9(3)12(18)20-7/h8-10H,1-7H3,(H,15,17)(H,16,19)/t9-,10+/m1/s1. The average molecular weight is 302 g/mol. The summed E-state index contributed by atoms with van der Waals surface area (Å²) in [6.07, 6.45) is -0.679. The highest BCUT2D eigenvalue weighted by molar-refractivity contribution is 5.89. The highest BCUT2D eigenvalue weighted by Gasteiger charge is 2.28. The number of hydrogen-bond acceptors (Lipinski definition) is 5. The van der Waals surface area contributed by atoms with E-state index in [1.807, 2.05) is 0 Å². The first-order valence-electron chi connectivity index (χ1n) is 6.85. The topological polar surface area (TPSA) is 93.7 Å². The van der Waals surface area contributed by atoms with Crippen molar-refractivity contribution in [3.8, 4) is 0 Å². The average Bonchev–Trinajstić information content (AvgIpc) is 2.31. The largest absolute Gasteiger partial charge is 0.467 e. The number of methoxy groups -OCH3 is 1. The van der Waals surface area contributed by atoms with Gasteiger partial charge >= 0.3 is 12.1 Å². The van der Waals surface area contributed by atoms with Gasteiger partial charge in [0.05, 0.1) is 7.11 Å². The van der Waals surface area contributed by atoms with Crippen LogP contribution in [-0.4, -0.2) is 42.8 Å². The Morgan fingerprint density at radius 3 is 1.90 bits per heavy atom. The molecule has 0 aliphatic heterocycles. The summed E-state index contributed by atoms with van der Waals surface area (Å²) in [5, 5.41) is 5.01. The molecule has 2 atom stereocenters. The lowest BCUT2D eigenvalue weighted by Gasteiger charge is -2.26. The van der Waals surface area contributed by atoms with Crippen LogP contribution in [0.25, 0.3) is 0 Å². The van der Waals surface area contributed by atoms with Gasteiger partial charge in [0.25, 0.3) is 0 Å². The number of nitrogens with one attached hydrogen (secondary N) is 2. The van der Waals surface area contributed by atoms with E-state index in [1.165, 1.54) is 14.0 Å². The second-order valence-corrected chi connectivity index (χ2v) is 6.12. The van der Waals surface area contributed by atoms with Crippen molar-refractivity contribution >= 4 is 18.0 Å². The van der Waals surface area contributed by atoms with Crippen molar-refractivity contribution in [2.45, 2.75) is 59.2 Å². The second kappa shape index (κ2) is 7.85. The quantitative estimate of drug-likeness (QED) is 0.745. The fourth-order valence-corrected chi connectivity index (χ4v) is 1.51. The van der Waals surface area contributed by atoms with Crippen molar-refractivity contribution in [1.29, 1.82) is 0 Å². The first-order valence-corrected chi connectivity index (χ1v) is 6.85. The van der Waals surface area contributed by atoms with Gasteiger partial charge in [0.2, 0.25) is 5.91 Å². The molecule has 0 rings (SSSR count). The summed E-state index contributed by atoms with van der Waals surface area (Å²) in [7, 11) is 1.24. The Bertz CT molecular complexity index is 387.